The molecule has 7 heavy (non-hydrogen) atoms. The highest BCUT2D eigenvalue weighted by molar-refractivity contribution is 4.60. The van der Waals surface area contributed by atoms with Gasteiger partial charge in [0.15, 0.2) is 6.30 Å². The molecule has 1 aliphatic rings. The van der Waals surface area contributed by atoms with Crippen molar-refractivity contribution in [3.63, 3.8) is 0 Å². The molecule has 0 amide bonds. The highest BCUT2D eigenvalue weighted by Crippen LogP contribution is 2.06. The Hall–Kier alpha value is -0.110. The van der Waals surface area contributed by atoms with Gasteiger partial charge in [-0.2, -0.15) is 0 Å². The molecule has 1 fully saturated rings. The molecule has 1 nitrogen and oxygen atoms in total. The smallest absolute Gasteiger partial charge is 0.151 e. The second-order valence-electron chi connectivity index (χ2n) is 1.92. The van der Waals surface area contributed by atoms with Crippen LogP contribution in [0.1, 0.15) is 19.3 Å². The molecule has 1 heterocycles. The van der Waals surface area contributed by atoms with Gasteiger partial charge in [0.25, 0.3) is 0 Å². The number of halogens is 1. The fourth-order valence-electron chi connectivity index (χ4n) is 0.809. The molecule has 0 aromatic rings. The van der Waals surface area contributed by atoms with Crippen LogP contribution < -0.4 is 5.32 Å². The van der Waals surface area contributed by atoms with Gasteiger partial charge in [0.1, 0.15) is 0 Å². The predicted molar refractivity (Wildman–Crippen MR) is 26.7 cm³/mol. The first-order chi connectivity index (χ1) is 3.39. The first kappa shape index (κ1) is 5.04. The van der Waals surface area contributed by atoms with Crippen molar-refractivity contribution in [2.75, 3.05) is 6.54 Å². The fraction of sp³-hybridized carbons (Fsp3) is 1.00. The largest absolute Gasteiger partial charge is 0.288 e. The van der Waals surface area contributed by atoms with E-state index in [2.05, 4.69) is 5.32 Å². The molecular formula is C5H10FN. The van der Waals surface area contributed by atoms with Crippen molar-refractivity contribution >= 4 is 0 Å². The van der Waals surface area contributed by atoms with Gasteiger partial charge < -0.3 is 0 Å². The van der Waals surface area contributed by atoms with E-state index in [1.807, 2.05) is 0 Å². The number of nitrogens with one attached hydrogen (secondary N) is 1. The van der Waals surface area contributed by atoms with Crippen LogP contribution in [0.4, 0.5) is 4.39 Å². The molecule has 1 aliphatic heterocycles. The zero-order valence-corrected chi connectivity index (χ0v) is 4.28. The molecule has 0 radical (unpaired) electrons. The van der Waals surface area contributed by atoms with Gasteiger partial charge in [-0.3, -0.25) is 5.32 Å². The summed E-state index contributed by atoms with van der Waals surface area (Å²) in [6.45, 7) is 0.862. The van der Waals surface area contributed by atoms with Crippen LogP contribution in [0.5, 0.6) is 0 Å². The molecule has 1 rings (SSSR count). The maximum atomic E-state index is 12.1. The Morgan fingerprint density at radius 1 is 1.43 bits per heavy atom. The summed E-state index contributed by atoms with van der Waals surface area (Å²) in [5, 5.41) is 2.72. The number of alkyl halides is 1. The Morgan fingerprint density at radius 2 is 2.29 bits per heavy atom. The minimum atomic E-state index is -0.714. The molecule has 1 unspecified atom stereocenters. The molecule has 0 aromatic carbocycles. The van der Waals surface area contributed by atoms with Crippen molar-refractivity contribution < 1.29 is 4.39 Å². The highest BCUT2D eigenvalue weighted by Gasteiger charge is 2.08. The van der Waals surface area contributed by atoms with Crippen molar-refractivity contribution in [1.82, 2.24) is 5.32 Å². The van der Waals surface area contributed by atoms with E-state index < -0.39 is 6.30 Å². The maximum Gasteiger partial charge on any atom is 0.151 e. The molecule has 1 atom stereocenters. The topological polar surface area (TPSA) is 12.0 Å². The fourth-order valence-corrected chi connectivity index (χ4v) is 0.809. The van der Waals surface area contributed by atoms with Gasteiger partial charge >= 0.3 is 0 Å². The van der Waals surface area contributed by atoms with Crippen molar-refractivity contribution in [2.45, 2.75) is 25.6 Å². The Morgan fingerprint density at radius 3 is 2.57 bits per heavy atom. The summed E-state index contributed by atoms with van der Waals surface area (Å²) >= 11 is 0. The first-order valence-corrected chi connectivity index (χ1v) is 2.77. The quantitative estimate of drug-likeness (QED) is 0.452. The third kappa shape index (κ3) is 1.43. The van der Waals surface area contributed by atoms with E-state index in [4.69, 9.17) is 0 Å². The number of rotatable bonds is 0. The van der Waals surface area contributed by atoms with Crippen molar-refractivity contribution in [1.29, 1.82) is 0 Å². The monoisotopic (exact) mass is 103 g/mol. The summed E-state index contributed by atoms with van der Waals surface area (Å²) in [6.07, 6.45) is 2.18. The zero-order chi connectivity index (χ0) is 5.11. The third-order valence-corrected chi connectivity index (χ3v) is 1.25. The summed E-state index contributed by atoms with van der Waals surface area (Å²) in [4.78, 5) is 0. The second kappa shape index (κ2) is 2.26. The molecule has 0 saturated carbocycles. The van der Waals surface area contributed by atoms with E-state index in [0.717, 1.165) is 19.4 Å². The SMILES string of the molecule is FC1CCCCN1. The van der Waals surface area contributed by atoms with Crippen LogP contribution in [0.3, 0.4) is 0 Å². The molecule has 0 bridgehead atoms. The Labute approximate surface area is 42.9 Å². The van der Waals surface area contributed by atoms with E-state index in [0.29, 0.717) is 6.42 Å². The van der Waals surface area contributed by atoms with Crippen molar-refractivity contribution in [3.8, 4) is 0 Å². The zero-order valence-electron chi connectivity index (χ0n) is 4.28. The number of hydrogen-bond acceptors (Lipinski definition) is 1. The van der Waals surface area contributed by atoms with E-state index in [-0.39, 0.29) is 0 Å². The lowest BCUT2D eigenvalue weighted by Gasteiger charge is -2.14. The van der Waals surface area contributed by atoms with Crippen LogP contribution in [0.15, 0.2) is 0 Å². The van der Waals surface area contributed by atoms with Gasteiger partial charge in [-0.05, 0) is 25.8 Å². The molecule has 1 saturated heterocycles. The van der Waals surface area contributed by atoms with Gasteiger partial charge in [0, 0.05) is 0 Å². The number of piperidine rings is 1. The molecule has 0 aromatic heterocycles. The lowest BCUT2D eigenvalue weighted by atomic mass is 10.2. The molecule has 2 heteroatoms. The summed E-state index contributed by atoms with van der Waals surface area (Å²) in [5.74, 6) is 0. The highest BCUT2D eigenvalue weighted by atomic mass is 19.1. The summed E-state index contributed by atoms with van der Waals surface area (Å²) in [7, 11) is 0. The minimum absolute atomic E-state index is 0.708. The first-order valence-electron chi connectivity index (χ1n) is 2.77. The molecule has 1 N–H and O–H groups in total. The average Bonchev–Trinajstić information content (AvgIpc) is 1.69. The average molecular weight is 103 g/mol. The Balaban J connectivity index is 2.12. The van der Waals surface area contributed by atoms with Crippen LogP contribution >= 0.6 is 0 Å². The van der Waals surface area contributed by atoms with E-state index >= 15 is 0 Å². The minimum Gasteiger partial charge on any atom is -0.288 e. The third-order valence-electron chi connectivity index (χ3n) is 1.25. The van der Waals surface area contributed by atoms with E-state index in [1.54, 1.807) is 0 Å². The maximum absolute atomic E-state index is 12.1. The van der Waals surface area contributed by atoms with Crippen molar-refractivity contribution in [3.05, 3.63) is 0 Å². The van der Waals surface area contributed by atoms with Crippen LogP contribution in [0, 0.1) is 0 Å². The molecule has 42 valence electrons. The van der Waals surface area contributed by atoms with E-state index in [1.165, 1.54) is 0 Å². The van der Waals surface area contributed by atoms with Crippen molar-refractivity contribution in [2.24, 2.45) is 0 Å². The van der Waals surface area contributed by atoms with Gasteiger partial charge in [0.05, 0.1) is 0 Å². The van der Waals surface area contributed by atoms with Gasteiger partial charge in [0.2, 0.25) is 0 Å². The summed E-state index contributed by atoms with van der Waals surface area (Å²) in [5.41, 5.74) is 0. The number of hydrogen-bond donors (Lipinski definition) is 1. The molecule has 0 aliphatic carbocycles. The van der Waals surface area contributed by atoms with Crippen LogP contribution in [-0.4, -0.2) is 12.8 Å². The molecule has 0 spiro atoms. The van der Waals surface area contributed by atoms with Gasteiger partial charge in [-0.15, -0.1) is 0 Å². The molecular weight excluding hydrogens is 93.1 g/mol. The standard InChI is InChI=1S/C5H10FN/c6-5-3-1-2-4-7-5/h5,7H,1-4H2. The summed E-state index contributed by atoms with van der Waals surface area (Å²) in [6, 6.07) is 0. The van der Waals surface area contributed by atoms with Crippen LogP contribution in [-0.2, 0) is 0 Å². The summed E-state index contributed by atoms with van der Waals surface area (Å²) < 4.78 is 12.1. The second-order valence-corrected chi connectivity index (χ2v) is 1.92. The van der Waals surface area contributed by atoms with Crippen LogP contribution in [0.2, 0.25) is 0 Å². The van der Waals surface area contributed by atoms with Gasteiger partial charge in [-0.25, -0.2) is 4.39 Å². The van der Waals surface area contributed by atoms with E-state index in [9.17, 15) is 4.39 Å². The predicted octanol–water partition coefficient (Wildman–Crippen LogP) is 1.06. The van der Waals surface area contributed by atoms with Gasteiger partial charge in [-0.1, -0.05) is 0 Å². The lowest BCUT2D eigenvalue weighted by molar-refractivity contribution is 0.223. The Bertz CT molecular complexity index is 50.0. The Kier molecular flexibility index (Phi) is 1.63. The normalized spacial score (nSPS) is 33.0. The lowest BCUT2D eigenvalue weighted by Crippen LogP contribution is -2.29. The van der Waals surface area contributed by atoms with Crippen LogP contribution in [0.25, 0.3) is 0 Å².